The monoisotopic (exact) mass is 306 g/mol. The van der Waals surface area contributed by atoms with Crippen molar-refractivity contribution < 1.29 is 0 Å². The van der Waals surface area contributed by atoms with Crippen LogP contribution < -0.4 is 11.3 Å². The number of hydrogen-bond acceptors (Lipinski definition) is 4. The van der Waals surface area contributed by atoms with Gasteiger partial charge in [-0.2, -0.15) is 0 Å². The maximum atomic E-state index is 5.63. The van der Waals surface area contributed by atoms with Crippen LogP contribution in [0.2, 0.25) is 0 Å². The molecule has 0 spiro atoms. The molecule has 18 heavy (non-hydrogen) atoms. The first-order valence-corrected chi connectivity index (χ1v) is 6.45. The van der Waals surface area contributed by atoms with Crippen LogP contribution in [0.5, 0.6) is 0 Å². The van der Waals surface area contributed by atoms with Gasteiger partial charge in [-0.05, 0) is 52.0 Å². The molecule has 4 nitrogen and oxygen atoms in total. The van der Waals surface area contributed by atoms with Crippen LogP contribution in [0.25, 0.3) is 0 Å². The van der Waals surface area contributed by atoms with Gasteiger partial charge in [0.2, 0.25) is 0 Å². The van der Waals surface area contributed by atoms with Crippen LogP contribution >= 0.6 is 15.9 Å². The third-order valence-electron chi connectivity index (χ3n) is 2.70. The van der Waals surface area contributed by atoms with Gasteiger partial charge in [0.05, 0.1) is 6.04 Å². The highest BCUT2D eigenvalue weighted by Gasteiger charge is 2.11. The number of rotatable bonds is 4. The van der Waals surface area contributed by atoms with E-state index in [4.69, 9.17) is 5.84 Å². The Morgan fingerprint density at radius 2 is 2.00 bits per heavy atom. The quantitative estimate of drug-likeness (QED) is 0.672. The molecule has 0 amide bonds. The van der Waals surface area contributed by atoms with Crippen LogP contribution in [0.15, 0.2) is 41.4 Å². The molecule has 0 radical (unpaired) electrons. The fourth-order valence-electron chi connectivity index (χ4n) is 1.85. The summed E-state index contributed by atoms with van der Waals surface area (Å²) < 4.78 is 0.970. The summed E-state index contributed by atoms with van der Waals surface area (Å²) in [7, 11) is 0. The molecule has 1 unspecified atom stereocenters. The van der Waals surface area contributed by atoms with Crippen molar-refractivity contribution in [3.05, 3.63) is 58.1 Å². The maximum absolute atomic E-state index is 5.63. The number of hydrazine groups is 1. The molecule has 2 heterocycles. The third kappa shape index (κ3) is 3.35. The van der Waals surface area contributed by atoms with E-state index in [2.05, 4.69) is 37.4 Å². The number of nitrogens with zero attached hydrogens (tertiary/aromatic N) is 2. The van der Waals surface area contributed by atoms with Crippen molar-refractivity contribution in [2.45, 2.75) is 19.4 Å². The Kier molecular flexibility index (Phi) is 4.41. The zero-order valence-electron chi connectivity index (χ0n) is 10.1. The SMILES string of the molecule is Cc1cncc(C(Cc2cncc(Br)c2)NN)c1. The average Bonchev–Trinajstić information content (AvgIpc) is 2.36. The van der Waals surface area contributed by atoms with Crippen LogP contribution in [0.4, 0.5) is 0 Å². The van der Waals surface area contributed by atoms with E-state index in [1.54, 1.807) is 6.20 Å². The zero-order valence-corrected chi connectivity index (χ0v) is 11.7. The van der Waals surface area contributed by atoms with E-state index in [9.17, 15) is 0 Å². The molecule has 2 rings (SSSR count). The van der Waals surface area contributed by atoms with Crippen molar-refractivity contribution in [1.82, 2.24) is 15.4 Å². The van der Waals surface area contributed by atoms with Gasteiger partial charge >= 0.3 is 0 Å². The van der Waals surface area contributed by atoms with E-state index in [0.717, 1.165) is 27.6 Å². The minimum atomic E-state index is 0.0356. The molecular formula is C13H15BrN4. The minimum Gasteiger partial charge on any atom is -0.271 e. The molecule has 0 fully saturated rings. The molecule has 0 saturated heterocycles. The van der Waals surface area contributed by atoms with Crippen molar-refractivity contribution in [2.24, 2.45) is 5.84 Å². The highest BCUT2D eigenvalue weighted by molar-refractivity contribution is 9.10. The number of nitrogens with one attached hydrogen (secondary N) is 1. The summed E-state index contributed by atoms with van der Waals surface area (Å²) in [5, 5.41) is 0. The Balaban J connectivity index is 2.19. The summed E-state index contributed by atoms with van der Waals surface area (Å²) in [5.74, 6) is 5.63. The lowest BCUT2D eigenvalue weighted by molar-refractivity contribution is 0.549. The molecule has 0 aliphatic carbocycles. The topological polar surface area (TPSA) is 63.8 Å². The maximum Gasteiger partial charge on any atom is 0.0516 e. The second-order valence-electron chi connectivity index (χ2n) is 4.23. The van der Waals surface area contributed by atoms with Crippen LogP contribution in [-0.4, -0.2) is 9.97 Å². The molecule has 94 valence electrons. The molecule has 1 atom stereocenters. The highest BCUT2D eigenvalue weighted by atomic mass is 79.9. The number of pyridine rings is 2. The summed E-state index contributed by atoms with van der Waals surface area (Å²) in [6.07, 6.45) is 8.05. The second kappa shape index (κ2) is 6.04. The first kappa shape index (κ1) is 13.1. The van der Waals surface area contributed by atoms with E-state index in [0.29, 0.717) is 0 Å². The Bertz CT molecular complexity index is 530. The Labute approximate surface area is 115 Å². The standard InChI is InChI=1S/C13H15BrN4/c1-9-2-11(7-16-5-9)13(18-15)4-10-3-12(14)8-17-6-10/h2-3,5-8,13,18H,4,15H2,1H3. The van der Waals surface area contributed by atoms with Crippen LogP contribution in [-0.2, 0) is 6.42 Å². The molecule has 0 aliphatic heterocycles. The Morgan fingerprint density at radius 3 is 2.67 bits per heavy atom. The highest BCUT2D eigenvalue weighted by Crippen LogP contribution is 2.19. The first-order valence-electron chi connectivity index (χ1n) is 5.66. The van der Waals surface area contributed by atoms with E-state index < -0.39 is 0 Å². The number of nitrogens with two attached hydrogens (primary N) is 1. The summed E-state index contributed by atoms with van der Waals surface area (Å²) >= 11 is 3.42. The third-order valence-corrected chi connectivity index (χ3v) is 3.13. The van der Waals surface area contributed by atoms with Gasteiger partial charge in [-0.25, -0.2) is 0 Å². The lowest BCUT2D eigenvalue weighted by atomic mass is 10.0. The number of aryl methyl sites for hydroxylation is 1. The molecule has 0 saturated carbocycles. The van der Waals surface area contributed by atoms with Gasteiger partial charge < -0.3 is 0 Å². The Morgan fingerprint density at radius 1 is 1.22 bits per heavy atom. The molecule has 3 N–H and O–H groups in total. The first-order chi connectivity index (χ1) is 8.69. The van der Waals surface area contributed by atoms with Gasteiger partial charge in [-0.3, -0.25) is 21.2 Å². The normalized spacial score (nSPS) is 12.4. The van der Waals surface area contributed by atoms with Crippen LogP contribution in [0.3, 0.4) is 0 Å². The van der Waals surface area contributed by atoms with Gasteiger partial charge in [0.15, 0.2) is 0 Å². The van der Waals surface area contributed by atoms with Crippen molar-refractivity contribution in [3.8, 4) is 0 Å². The van der Waals surface area contributed by atoms with Gasteiger partial charge in [0.1, 0.15) is 0 Å². The lowest BCUT2D eigenvalue weighted by Crippen LogP contribution is -2.29. The van der Waals surface area contributed by atoms with E-state index >= 15 is 0 Å². The lowest BCUT2D eigenvalue weighted by Gasteiger charge is -2.16. The average molecular weight is 307 g/mol. The number of aromatic nitrogens is 2. The molecule has 5 heteroatoms. The van der Waals surface area contributed by atoms with Crippen molar-refractivity contribution in [3.63, 3.8) is 0 Å². The van der Waals surface area contributed by atoms with Crippen LogP contribution in [0, 0.1) is 6.92 Å². The van der Waals surface area contributed by atoms with E-state index in [1.165, 1.54) is 0 Å². The van der Waals surface area contributed by atoms with Gasteiger partial charge in [-0.15, -0.1) is 0 Å². The minimum absolute atomic E-state index is 0.0356. The van der Waals surface area contributed by atoms with Gasteiger partial charge in [0, 0.05) is 29.3 Å². The predicted octanol–water partition coefficient (Wildman–Crippen LogP) is 2.29. The van der Waals surface area contributed by atoms with Crippen molar-refractivity contribution >= 4 is 15.9 Å². The van der Waals surface area contributed by atoms with Gasteiger partial charge in [0.25, 0.3) is 0 Å². The van der Waals surface area contributed by atoms with Crippen molar-refractivity contribution in [1.29, 1.82) is 0 Å². The van der Waals surface area contributed by atoms with E-state index in [-0.39, 0.29) is 6.04 Å². The largest absolute Gasteiger partial charge is 0.271 e. The van der Waals surface area contributed by atoms with Crippen LogP contribution in [0.1, 0.15) is 22.7 Å². The van der Waals surface area contributed by atoms with Gasteiger partial charge in [-0.1, -0.05) is 6.07 Å². The predicted molar refractivity (Wildman–Crippen MR) is 74.7 cm³/mol. The molecule has 2 aromatic rings. The zero-order chi connectivity index (χ0) is 13.0. The number of hydrogen-bond donors (Lipinski definition) is 2. The summed E-state index contributed by atoms with van der Waals surface area (Å²) in [5.41, 5.74) is 6.16. The summed E-state index contributed by atoms with van der Waals surface area (Å²) in [6, 6.07) is 4.16. The molecule has 0 bridgehead atoms. The fraction of sp³-hybridized carbons (Fsp3) is 0.231. The number of halogens is 1. The van der Waals surface area contributed by atoms with Crippen molar-refractivity contribution in [2.75, 3.05) is 0 Å². The smallest absolute Gasteiger partial charge is 0.0516 e. The molecule has 0 aromatic carbocycles. The summed E-state index contributed by atoms with van der Waals surface area (Å²) in [4.78, 5) is 8.34. The molecule has 2 aromatic heterocycles. The fourth-order valence-corrected chi connectivity index (χ4v) is 2.26. The molecule has 0 aliphatic rings. The molecular weight excluding hydrogens is 292 g/mol. The second-order valence-corrected chi connectivity index (χ2v) is 5.15. The van der Waals surface area contributed by atoms with E-state index in [1.807, 2.05) is 31.6 Å². The summed E-state index contributed by atoms with van der Waals surface area (Å²) in [6.45, 7) is 2.02. The Hall–Kier alpha value is -1.30.